The number of rotatable bonds is 7. The van der Waals surface area contributed by atoms with Gasteiger partial charge < -0.3 is 4.74 Å². The fraction of sp³-hybridized carbons (Fsp3) is 0.478. The average Bonchev–Trinajstić information content (AvgIpc) is 2.69. The molecular formula is C23H27F3O. The van der Waals surface area contributed by atoms with E-state index in [9.17, 15) is 13.2 Å². The van der Waals surface area contributed by atoms with Gasteiger partial charge in [-0.2, -0.15) is 0 Å². The molecule has 0 atom stereocenters. The molecule has 1 aliphatic carbocycles. The van der Waals surface area contributed by atoms with E-state index in [2.05, 4.69) is 19.1 Å². The lowest BCUT2D eigenvalue weighted by Crippen LogP contribution is -2.13. The highest BCUT2D eigenvalue weighted by molar-refractivity contribution is 5.30. The van der Waals surface area contributed by atoms with Crippen molar-refractivity contribution in [3.63, 3.8) is 0 Å². The van der Waals surface area contributed by atoms with Crippen molar-refractivity contribution in [2.75, 3.05) is 0 Å². The van der Waals surface area contributed by atoms with E-state index < -0.39 is 17.5 Å². The SMILES string of the molecule is CCCCC1CCC(c2ccc(OCc3cc(F)c(F)c(F)c3)cc2)CC1. The van der Waals surface area contributed by atoms with Gasteiger partial charge >= 0.3 is 0 Å². The average molecular weight is 376 g/mol. The Labute approximate surface area is 159 Å². The number of unbranched alkanes of at least 4 members (excludes halogenated alkanes) is 1. The number of hydrogen-bond donors (Lipinski definition) is 0. The maximum atomic E-state index is 13.3. The van der Waals surface area contributed by atoms with Crippen LogP contribution in [0.4, 0.5) is 13.2 Å². The summed E-state index contributed by atoms with van der Waals surface area (Å²) < 4.78 is 45.1. The molecule has 1 saturated carbocycles. The quantitative estimate of drug-likeness (QED) is 0.466. The van der Waals surface area contributed by atoms with Crippen molar-refractivity contribution >= 4 is 0 Å². The van der Waals surface area contributed by atoms with Crippen LogP contribution in [0.2, 0.25) is 0 Å². The number of benzene rings is 2. The summed E-state index contributed by atoms with van der Waals surface area (Å²) in [5.41, 5.74) is 1.59. The lowest BCUT2D eigenvalue weighted by Gasteiger charge is -2.28. The largest absolute Gasteiger partial charge is 0.489 e. The zero-order valence-electron chi connectivity index (χ0n) is 15.8. The van der Waals surface area contributed by atoms with Crippen LogP contribution in [-0.2, 0) is 6.61 Å². The molecule has 4 heteroatoms. The Bertz CT molecular complexity index is 711. The predicted octanol–water partition coefficient (Wildman–Crippen LogP) is 7.15. The van der Waals surface area contributed by atoms with E-state index in [4.69, 9.17) is 4.74 Å². The maximum Gasteiger partial charge on any atom is 0.194 e. The minimum absolute atomic E-state index is 0.00396. The number of hydrogen-bond acceptors (Lipinski definition) is 1. The van der Waals surface area contributed by atoms with Crippen molar-refractivity contribution in [2.24, 2.45) is 5.92 Å². The van der Waals surface area contributed by atoms with Gasteiger partial charge in [0.15, 0.2) is 17.5 Å². The van der Waals surface area contributed by atoms with Gasteiger partial charge in [-0.05, 0) is 72.9 Å². The highest BCUT2D eigenvalue weighted by atomic mass is 19.2. The summed E-state index contributed by atoms with van der Waals surface area (Å²) in [5.74, 6) is -1.71. The zero-order valence-corrected chi connectivity index (χ0v) is 15.8. The molecular weight excluding hydrogens is 349 g/mol. The molecule has 1 fully saturated rings. The molecule has 0 bridgehead atoms. The maximum absolute atomic E-state index is 13.3. The van der Waals surface area contributed by atoms with Gasteiger partial charge in [0.05, 0.1) is 0 Å². The number of ether oxygens (including phenoxy) is 1. The highest BCUT2D eigenvalue weighted by Gasteiger charge is 2.22. The van der Waals surface area contributed by atoms with Crippen LogP contribution < -0.4 is 4.74 Å². The second-order valence-electron chi connectivity index (χ2n) is 7.59. The fourth-order valence-corrected chi connectivity index (χ4v) is 3.97. The van der Waals surface area contributed by atoms with Crippen molar-refractivity contribution in [1.82, 2.24) is 0 Å². The van der Waals surface area contributed by atoms with E-state index in [1.807, 2.05) is 12.1 Å². The third kappa shape index (κ3) is 5.27. The molecule has 0 N–H and O–H groups in total. The lowest BCUT2D eigenvalue weighted by molar-refractivity contribution is 0.300. The molecule has 0 saturated heterocycles. The Balaban J connectivity index is 1.52. The van der Waals surface area contributed by atoms with Crippen LogP contribution in [0.5, 0.6) is 5.75 Å². The van der Waals surface area contributed by atoms with Crippen molar-refractivity contribution in [2.45, 2.75) is 64.4 Å². The molecule has 0 amide bonds. The van der Waals surface area contributed by atoms with Crippen LogP contribution in [0.3, 0.4) is 0 Å². The predicted molar refractivity (Wildman–Crippen MR) is 101 cm³/mol. The first kappa shape index (κ1) is 19.8. The van der Waals surface area contributed by atoms with E-state index in [1.54, 1.807) is 0 Å². The molecule has 1 aliphatic rings. The monoisotopic (exact) mass is 376 g/mol. The summed E-state index contributed by atoms with van der Waals surface area (Å²) in [5, 5.41) is 0. The molecule has 1 nitrogen and oxygen atoms in total. The summed E-state index contributed by atoms with van der Waals surface area (Å²) >= 11 is 0. The van der Waals surface area contributed by atoms with Crippen molar-refractivity contribution in [3.05, 3.63) is 65.0 Å². The minimum Gasteiger partial charge on any atom is -0.489 e. The van der Waals surface area contributed by atoms with Gasteiger partial charge in [0.2, 0.25) is 0 Å². The van der Waals surface area contributed by atoms with E-state index in [1.165, 1.54) is 50.5 Å². The third-order valence-electron chi connectivity index (χ3n) is 5.61. The first-order valence-electron chi connectivity index (χ1n) is 9.93. The summed E-state index contributed by atoms with van der Waals surface area (Å²) in [7, 11) is 0. The molecule has 2 aromatic carbocycles. The van der Waals surface area contributed by atoms with Crippen LogP contribution >= 0.6 is 0 Å². The van der Waals surface area contributed by atoms with Crippen LogP contribution in [0, 0.1) is 23.4 Å². The smallest absolute Gasteiger partial charge is 0.194 e. The molecule has 0 radical (unpaired) electrons. The molecule has 146 valence electrons. The molecule has 2 aromatic rings. The zero-order chi connectivity index (χ0) is 19.2. The Hall–Kier alpha value is -1.97. The van der Waals surface area contributed by atoms with Gasteiger partial charge in [-0.3, -0.25) is 0 Å². The molecule has 27 heavy (non-hydrogen) atoms. The Morgan fingerprint density at radius 2 is 1.56 bits per heavy atom. The topological polar surface area (TPSA) is 9.23 Å². The molecule has 0 spiro atoms. The van der Waals surface area contributed by atoms with Crippen LogP contribution in [0.1, 0.15) is 68.9 Å². The summed E-state index contributed by atoms with van der Waals surface area (Å²) in [4.78, 5) is 0. The summed E-state index contributed by atoms with van der Waals surface area (Å²) in [6, 6.07) is 9.88. The second kappa shape index (κ2) is 9.29. The van der Waals surface area contributed by atoms with Gasteiger partial charge in [-0.15, -0.1) is 0 Å². The standard InChI is InChI=1S/C23H27F3O/c1-2-3-4-16-5-7-18(8-6-16)19-9-11-20(12-10-19)27-15-17-13-21(24)23(26)22(25)14-17/h9-14,16,18H,2-8,15H2,1H3. The van der Waals surface area contributed by atoms with Crippen molar-refractivity contribution in [3.8, 4) is 5.75 Å². The van der Waals surface area contributed by atoms with E-state index in [0.29, 0.717) is 11.7 Å². The minimum atomic E-state index is -1.45. The van der Waals surface area contributed by atoms with Gasteiger partial charge in [0.25, 0.3) is 0 Å². The summed E-state index contributed by atoms with van der Waals surface area (Å²) in [6.45, 7) is 2.24. The normalized spacial score (nSPS) is 19.9. The highest BCUT2D eigenvalue weighted by Crippen LogP contribution is 2.38. The lowest BCUT2D eigenvalue weighted by atomic mass is 9.77. The first-order valence-corrected chi connectivity index (χ1v) is 9.93. The van der Waals surface area contributed by atoms with E-state index in [0.717, 1.165) is 18.1 Å². The van der Waals surface area contributed by atoms with Gasteiger partial charge in [-0.25, -0.2) is 13.2 Å². The van der Waals surface area contributed by atoms with Crippen LogP contribution in [-0.4, -0.2) is 0 Å². The van der Waals surface area contributed by atoms with Gasteiger partial charge in [0, 0.05) is 0 Å². The molecule has 0 unspecified atom stereocenters. The molecule has 0 heterocycles. The van der Waals surface area contributed by atoms with E-state index >= 15 is 0 Å². The number of halogens is 3. The van der Waals surface area contributed by atoms with Gasteiger partial charge in [-0.1, -0.05) is 38.3 Å². The first-order chi connectivity index (χ1) is 13.1. The molecule has 3 rings (SSSR count). The van der Waals surface area contributed by atoms with Crippen LogP contribution in [0.15, 0.2) is 36.4 Å². The second-order valence-corrected chi connectivity index (χ2v) is 7.59. The van der Waals surface area contributed by atoms with Gasteiger partial charge in [0.1, 0.15) is 12.4 Å². The van der Waals surface area contributed by atoms with Crippen LogP contribution in [0.25, 0.3) is 0 Å². The summed E-state index contributed by atoms with van der Waals surface area (Å²) in [6.07, 6.45) is 9.07. The third-order valence-corrected chi connectivity index (χ3v) is 5.61. The fourth-order valence-electron chi connectivity index (χ4n) is 3.97. The Kier molecular flexibility index (Phi) is 6.81. The Morgan fingerprint density at radius 3 is 2.15 bits per heavy atom. The Morgan fingerprint density at radius 1 is 0.926 bits per heavy atom. The molecule has 0 aromatic heterocycles. The molecule has 0 aliphatic heterocycles. The van der Waals surface area contributed by atoms with Crippen molar-refractivity contribution in [1.29, 1.82) is 0 Å². The van der Waals surface area contributed by atoms with E-state index in [-0.39, 0.29) is 12.2 Å². The van der Waals surface area contributed by atoms with Crippen molar-refractivity contribution < 1.29 is 17.9 Å².